The third-order valence-electron chi connectivity index (χ3n) is 6.65. The van der Waals surface area contributed by atoms with Gasteiger partial charge in [-0.3, -0.25) is 9.97 Å². The van der Waals surface area contributed by atoms with E-state index in [9.17, 15) is 5.11 Å². The smallest absolute Gasteiger partial charge is 0.120 e. The van der Waals surface area contributed by atoms with Crippen LogP contribution in [0.4, 0.5) is 0 Å². The first-order valence-electron chi connectivity index (χ1n) is 11.0. The Morgan fingerprint density at radius 2 is 1.33 bits per heavy atom. The topological polar surface area (TPSA) is 65.1 Å². The SMILES string of the molecule is COc1ccc2c3ccnc(C)c3n(Cn3c4cc(CO)ccc4c4ccnc(C)c43)c2c1. The van der Waals surface area contributed by atoms with Crippen molar-refractivity contribution in [1.82, 2.24) is 19.1 Å². The summed E-state index contributed by atoms with van der Waals surface area (Å²) in [6, 6.07) is 16.5. The first-order chi connectivity index (χ1) is 16.1. The Bertz CT molecular complexity index is 1570. The third-order valence-corrected chi connectivity index (χ3v) is 6.65. The summed E-state index contributed by atoms with van der Waals surface area (Å²) in [7, 11) is 1.69. The lowest BCUT2D eigenvalue weighted by Crippen LogP contribution is -2.09. The molecule has 0 saturated heterocycles. The van der Waals surface area contributed by atoms with Crippen LogP contribution in [0.5, 0.6) is 5.75 Å². The Morgan fingerprint density at radius 1 is 0.758 bits per heavy atom. The number of aromatic nitrogens is 4. The highest BCUT2D eigenvalue weighted by molar-refractivity contribution is 6.10. The number of methoxy groups -OCH3 is 1. The molecule has 33 heavy (non-hydrogen) atoms. The second-order valence-electron chi connectivity index (χ2n) is 8.48. The molecule has 0 amide bonds. The second kappa shape index (κ2) is 7.32. The van der Waals surface area contributed by atoms with Crippen molar-refractivity contribution in [1.29, 1.82) is 0 Å². The van der Waals surface area contributed by atoms with Gasteiger partial charge in [-0.2, -0.15) is 0 Å². The zero-order chi connectivity index (χ0) is 22.7. The van der Waals surface area contributed by atoms with E-state index in [1.165, 1.54) is 10.8 Å². The number of hydrogen-bond donors (Lipinski definition) is 1. The van der Waals surface area contributed by atoms with Crippen LogP contribution in [-0.2, 0) is 13.3 Å². The van der Waals surface area contributed by atoms with Crippen LogP contribution in [0.3, 0.4) is 0 Å². The van der Waals surface area contributed by atoms with Gasteiger partial charge in [0.15, 0.2) is 0 Å². The number of hydrogen-bond acceptors (Lipinski definition) is 4. The summed E-state index contributed by atoms with van der Waals surface area (Å²) in [6.07, 6.45) is 3.73. The Hall–Kier alpha value is -3.90. The van der Waals surface area contributed by atoms with E-state index in [0.717, 1.165) is 55.5 Å². The lowest BCUT2D eigenvalue weighted by atomic mass is 10.1. The number of benzene rings is 2. The minimum atomic E-state index is 0.00427. The Labute approximate surface area is 190 Å². The lowest BCUT2D eigenvalue weighted by molar-refractivity contribution is 0.282. The molecule has 0 aliphatic rings. The minimum Gasteiger partial charge on any atom is -0.497 e. The summed E-state index contributed by atoms with van der Waals surface area (Å²) in [5.74, 6) is 0.819. The first kappa shape index (κ1) is 19.8. The summed E-state index contributed by atoms with van der Waals surface area (Å²) in [6.45, 7) is 4.69. The van der Waals surface area contributed by atoms with Crippen molar-refractivity contribution in [3.05, 3.63) is 77.9 Å². The molecule has 164 valence electrons. The van der Waals surface area contributed by atoms with Gasteiger partial charge in [-0.1, -0.05) is 12.1 Å². The van der Waals surface area contributed by atoms with E-state index in [2.05, 4.69) is 62.4 Å². The maximum Gasteiger partial charge on any atom is 0.120 e. The predicted octanol–water partition coefficient (Wildman–Crippen LogP) is 5.32. The minimum absolute atomic E-state index is 0.00427. The molecule has 0 aliphatic heterocycles. The molecule has 0 saturated carbocycles. The fraction of sp³-hybridized carbons (Fsp3) is 0.185. The molecule has 0 bridgehead atoms. The third kappa shape index (κ3) is 2.84. The normalized spacial score (nSPS) is 11.9. The Morgan fingerprint density at radius 3 is 1.91 bits per heavy atom. The van der Waals surface area contributed by atoms with Gasteiger partial charge < -0.3 is 19.0 Å². The molecule has 6 nitrogen and oxygen atoms in total. The summed E-state index contributed by atoms with van der Waals surface area (Å²) >= 11 is 0. The van der Waals surface area contributed by atoms with Crippen molar-refractivity contribution in [2.24, 2.45) is 0 Å². The fourth-order valence-electron chi connectivity index (χ4n) is 5.13. The number of aryl methyl sites for hydroxylation is 2. The van der Waals surface area contributed by atoms with Crippen molar-refractivity contribution >= 4 is 43.6 Å². The van der Waals surface area contributed by atoms with E-state index in [1.807, 2.05) is 31.5 Å². The van der Waals surface area contributed by atoms with E-state index < -0.39 is 0 Å². The molecule has 6 rings (SSSR count). The fourth-order valence-corrected chi connectivity index (χ4v) is 5.13. The molecule has 2 aromatic carbocycles. The number of fused-ring (bicyclic) bond motifs is 6. The van der Waals surface area contributed by atoms with E-state index >= 15 is 0 Å². The Balaban J connectivity index is 1.73. The first-order valence-corrected chi connectivity index (χ1v) is 11.0. The maximum atomic E-state index is 9.80. The van der Waals surface area contributed by atoms with Crippen LogP contribution < -0.4 is 4.74 Å². The van der Waals surface area contributed by atoms with Gasteiger partial charge in [0, 0.05) is 40.0 Å². The highest BCUT2D eigenvalue weighted by Gasteiger charge is 2.18. The zero-order valence-electron chi connectivity index (χ0n) is 18.8. The highest BCUT2D eigenvalue weighted by Crippen LogP contribution is 2.35. The monoisotopic (exact) mass is 436 g/mol. The van der Waals surface area contributed by atoms with Crippen LogP contribution in [0.15, 0.2) is 60.9 Å². The van der Waals surface area contributed by atoms with Gasteiger partial charge in [0.25, 0.3) is 0 Å². The zero-order valence-corrected chi connectivity index (χ0v) is 18.8. The lowest BCUT2D eigenvalue weighted by Gasteiger charge is -2.14. The van der Waals surface area contributed by atoms with E-state index in [-0.39, 0.29) is 6.61 Å². The maximum absolute atomic E-state index is 9.80. The molecule has 0 atom stereocenters. The largest absolute Gasteiger partial charge is 0.497 e. The molecule has 0 spiro atoms. The molecule has 6 aromatic rings. The molecule has 0 aliphatic carbocycles. The quantitative estimate of drug-likeness (QED) is 0.406. The average Bonchev–Trinajstić information content (AvgIpc) is 3.33. The summed E-state index contributed by atoms with van der Waals surface area (Å²) in [5.41, 5.74) is 7.22. The average molecular weight is 437 g/mol. The highest BCUT2D eigenvalue weighted by atomic mass is 16.5. The molecule has 0 unspecified atom stereocenters. The van der Waals surface area contributed by atoms with Gasteiger partial charge in [-0.25, -0.2) is 0 Å². The van der Waals surface area contributed by atoms with Crippen molar-refractivity contribution in [3.8, 4) is 5.75 Å². The van der Waals surface area contributed by atoms with Gasteiger partial charge in [-0.05, 0) is 49.7 Å². The van der Waals surface area contributed by atoms with Crippen LogP contribution in [0.1, 0.15) is 17.0 Å². The number of pyridine rings is 2. The summed E-state index contributed by atoms with van der Waals surface area (Å²) in [4.78, 5) is 9.19. The van der Waals surface area contributed by atoms with Crippen molar-refractivity contribution in [2.45, 2.75) is 27.1 Å². The van der Waals surface area contributed by atoms with Crippen LogP contribution in [0.25, 0.3) is 43.6 Å². The van der Waals surface area contributed by atoms with E-state index in [0.29, 0.717) is 6.67 Å². The van der Waals surface area contributed by atoms with Crippen LogP contribution in [-0.4, -0.2) is 31.3 Å². The van der Waals surface area contributed by atoms with Crippen LogP contribution in [0.2, 0.25) is 0 Å². The molecular weight excluding hydrogens is 412 g/mol. The van der Waals surface area contributed by atoms with Gasteiger partial charge in [0.2, 0.25) is 0 Å². The van der Waals surface area contributed by atoms with Gasteiger partial charge in [0.05, 0.1) is 47.2 Å². The van der Waals surface area contributed by atoms with Gasteiger partial charge in [0.1, 0.15) is 12.4 Å². The van der Waals surface area contributed by atoms with Crippen molar-refractivity contribution < 1.29 is 9.84 Å². The number of rotatable bonds is 4. The second-order valence-corrected chi connectivity index (χ2v) is 8.48. The summed E-state index contributed by atoms with van der Waals surface area (Å²) < 4.78 is 10.2. The predicted molar refractivity (Wildman–Crippen MR) is 132 cm³/mol. The van der Waals surface area contributed by atoms with Crippen molar-refractivity contribution in [3.63, 3.8) is 0 Å². The number of ether oxygens (including phenoxy) is 1. The molecule has 1 N–H and O–H groups in total. The van der Waals surface area contributed by atoms with Crippen molar-refractivity contribution in [2.75, 3.05) is 7.11 Å². The van der Waals surface area contributed by atoms with Crippen LogP contribution in [0, 0.1) is 13.8 Å². The molecule has 0 fully saturated rings. The number of nitrogens with zero attached hydrogens (tertiary/aromatic N) is 4. The standard InChI is InChI=1S/C27H24N4O2/c1-16-26-22(8-10-28-16)20-6-4-18(14-32)12-24(20)30(26)15-31-25-13-19(33-3)5-7-21(25)23-9-11-29-17(2)27(23)31/h4-13,32H,14-15H2,1-3H3. The molecule has 4 aromatic heterocycles. The van der Waals surface area contributed by atoms with E-state index in [4.69, 9.17) is 4.74 Å². The molecule has 6 heteroatoms. The Kier molecular flexibility index (Phi) is 4.38. The molecule has 4 heterocycles. The summed E-state index contributed by atoms with van der Waals surface area (Å²) in [5, 5.41) is 14.5. The number of aliphatic hydroxyl groups excluding tert-OH is 1. The van der Waals surface area contributed by atoms with E-state index in [1.54, 1.807) is 7.11 Å². The van der Waals surface area contributed by atoms with Gasteiger partial charge >= 0.3 is 0 Å². The van der Waals surface area contributed by atoms with Crippen LogP contribution >= 0.6 is 0 Å². The molecule has 0 radical (unpaired) electrons. The van der Waals surface area contributed by atoms with Gasteiger partial charge in [-0.15, -0.1) is 0 Å². The molecular formula is C27H24N4O2. The number of aliphatic hydroxyl groups is 1.